The fourth-order valence-corrected chi connectivity index (χ4v) is 2.01. The van der Waals surface area contributed by atoms with Crippen molar-refractivity contribution < 1.29 is 14.3 Å². The number of carboxylic acid groups (broad SMARTS) is 1. The van der Waals surface area contributed by atoms with E-state index in [2.05, 4.69) is 21.2 Å². The molecule has 0 saturated carbocycles. The molecule has 0 aliphatic rings. The van der Waals surface area contributed by atoms with E-state index in [4.69, 9.17) is 9.52 Å². The molecule has 5 heteroatoms. The van der Waals surface area contributed by atoms with Gasteiger partial charge in [0.25, 0.3) is 0 Å². The summed E-state index contributed by atoms with van der Waals surface area (Å²) in [4.78, 5) is 10.9. The van der Waals surface area contributed by atoms with Crippen LogP contribution < -0.4 is 5.32 Å². The highest BCUT2D eigenvalue weighted by Crippen LogP contribution is 2.24. The van der Waals surface area contributed by atoms with E-state index in [1.807, 2.05) is 25.1 Å². The molecule has 0 spiro atoms. The molecule has 0 saturated heterocycles. The van der Waals surface area contributed by atoms with E-state index in [-0.39, 0.29) is 5.56 Å². The van der Waals surface area contributed by atoms with E-state index >= 15 is 0 Å². The molecule has 18 heavy (non-hydrogen) atoms. The van der Waals surface area contributed by atoms with Crippen molar-refractivity contribution in [2.24, 2.45) is 0 Å². The molecule has 0 bridgehead atoms. The van der Waals surface area contributed by atoms with Crippen molar-refractivity contribution in [2.75, 3.05) is 5.32 Å². The average Bonchev–Trinajstić information content (AvgIpc) is 2.79. The maximum atomic E-state index is 10.9. The van der Waals surface area contributed by atoms with Gasteiger partial charge in [0.15, 0.2) is 0 Å². The molecular formula is C13H12BrNO3. The summed E-state index contributed by atoms with van der Waals surface area (Å²) in [6.45, 7) is 2.32. The third-order valence-corrected chi connectivity index (χ3v) is 3.54. The number of hydrogen-bond acceptors (Lipinski definition) is 3. The highest BCUT2D eigenvalue weighted by molar-refractivity contribution is 9.10. The number of furan rings is 1. The first kappa shape index (κ1) is 12.7. The largest absolute Gasteiger partial charge is 0.478 e. The topological polar surface area (TPSA) is 62.5 Å². The lowest BCUT2D eigenvalue weighted by atomic mass is 10.2. The summed E-state index contributed by atoms with van der Waals surface area (Å²) in [5, 5.41) is 12.1. The first-order valence-corrected chi connectivity index (χ1v) is 6.17. The Morgan fingerprint density at radius 3 is 2.94 bits per heavy atom. The summed E-state index contributed by atoms with van der Waals surface area (Å²) in [5.74, 6) is -0.562. The van der Waals surface area contributed by atoms with Crippen LogP contribution in [0.2, 0.25) is 0 Å². The van der Waals surface area contributed by atoms with Crippen LogP contribution in [0.4, 0.5) is 5.69 Å². The van der Waals surface area contributed by atoms with Crippen molar-refractivity contribution in [3.63, 3.8) is 0 Å². The molecule has 94 valence electrons. The van der Waals surface area contributed by atoms with Crippen LogP contribution in [0.5, 0.6) is 0 Å². The van der Waals surface area contributed by atoms with Gasteiger partial charge in [0.2, 0.25) is 0 Å². The number of aromatic carboxylic acids is 1. The number of carbonyl (C=O) groups is 1. The second kappa shape index (κ2) is 5.27. The number of benzene rings is 1. The van der Waals surface area contributed by atoms with Crippen LogP contribution in [-0.4, -0.2) is 11.1 Å². The van der Waals surface area contributed by atoms with E-state index < -0.39 is 5.97 Å². The van der Waals surface area contributed by atoms with Crippen LogP contribution in [0, 0.1) is 6.92 Å². The van der Waals surface area contributed by atoms with E-state index in [0.717, 1.165) is 15.7 Å². The number of carboxylic acids is 1. The van der Waals surface area contributed by atoms with Crippen LogP contribution in [0.15, 0.2) is 39.4 Å². The van der Waals surface area contributed by atoms with E-state index in [0.29, 0.717) is 12.3 Å². The van der Waals surface area contributed by atoms with Crippen LogP contribution in [-0.2, 0) is 6.54 Å². The Bertz CT molecular complexity index is 577. The zero-order valence-electron chi connectivity index (χ0n) is 9.74. The van der Waals surface area contributed by atoms with Crippen molar-refractivity contribution in [3.05, 3.63) is 51.9 Å². The highest BCUT2D eigenvalue weighted by atomic mass is 79.9. The molecule has 2 aromatic rings. The maximum absolute atomic E-state index is 10.9. The van der Waals surface area contributed by atoms with Crippen LogP contribution >= 0.6 is 15.9 Å². The van der Waals surface area contributed by atoms with Gasteiger partial charge in [-0.05, 0) is 30.7 Å². The molecule has 0 atom stereocenters. The van der Waals surface area contributed by atoms with Crippen molar-refractivity contribution in [1.82, 2.24) is 0 Å². The number of halogens is 1. The Morgan fingerprint density at radius 1 is 1.44 bits per heavy atom. The van der Waals surface area contributed by atoms with Gasteiger partial charge >= 0.3 is 5.97 Å². The molecule has 0 fully saturated rings. The van der Waals surface area contributed by atoms with Gasteiger partial charge in [-0.3, -0.25) is 0 Å². The minimum absolute atomic E-state index is 0.190. The average molecular weight is 310 g/mol. The lowest BCUT2D eigenvalue weighted by Gasteiger charge is -2.09. The number of rotatable bonds is 4. The predicted octanol–water partition coefficient (Wildman–Crippen LogP) is 3.66. The summed E-state index contributed by atoms with van der Waals surface area (Å²) in [5.41, 5.74) is 2.20. The van der Waals surface area contributed by atoms with E-state index in [1.165, 1.54) is 12.3 Å². The number of anilines is 1. The minimum atomic E-state index is -0.980. The fourth-order valence-electron chi connectivity index (χ4n) is 1.64. The van der Waals surface area contributed by atoms with Gasteiger partial charge < -0.3 is 14.8 Å². The molecule has 2 rings (SSSR count). The van der Waals surface area contributed by atoms with Crippen molar-refractivity contribution in [1.29, 1.82) is 0 Å². The molecule has 1 heterocycles. The van der Waals surface area contributed by atoms with E-state index in [1.54, 1.807) is 0 Å². The predicted molar refractivity (Wildman–Crippen MR) is 71.9 cm³/mol. The van der Waals surface area contributed by atoms with E-state index in [9.17, 15) is 4.79 Å². The molecule has 1 aromatic heterocycles. The van der Waals surface area contributed by atoms with Crippen molar-refractivity contribution in [2.45, 2.75) is 13.5 Å². The van der Waals surface area contributed by atoms with Gasteiger partial charge in [0, 0.05) is 10.2 Å². The lowest BCUT2D eigenvalue weighted by Crippen LogP contribution is -2.05. The number of hydrogen-bond donors (Lipinski definition) is 2. The zero-order valence-corrected chi connectivity index (χ0v) is 11.3. The second-order valence-electron chi connectivity index (χ2n) is 3.83. The summed E-state index contributed by atoms with van der Waals surface area (Å²) in [7, 11) is 0. The van der Waals surface area contributed by atoms with Crippen molar-refractivity contribution >= 4 is 27.6 Å². The van der Waals surface area contributed by atoms with Gasteiger partial charge in [0.05, 0.1) is 12.8 Å². The third kappa shape index (κ3) is 2.56. The molecule has 0 aliphatic carbocycles. The Morgan fingerprint density at radius 2 is 2.22 bits per heavy atom. The van der Waals surface area contributed by atoms with Gasteiger partial charge in [-0.25, -0.2) is 4.79 Å². The first-order valence-electron chi connectivity index (χ1n) is 5.38. The molecule has 0 amide bonds. The standard InChI is InChI=1S/C13H12BrNO3/c1-8-10(14)3-2-4-11(8)15-7-12-9(13(16)17)5-6-18-12/h2-6,15H,7H2,1H3,(H,16,17). The first-order chi connectivity index (χ1) is 8.59. The monoisotopic (exact) mass is 309 g/mol. The second-order valence-corrected chi connectivity index (χ2v) is 4.68. The van der Waals surface area contributed by atoms with Crippen LogP contribution in [0.25, 0.3) is 0 Å². The molecule has 0 aliphatic heterocycles. The van der Waals surface area contributed by atoms with Gasteiger partial charge in [-0.2, -0.15) is 0 Å². The summed E-state index contributed by atoms with van der Waals surface area (Å²) in [6, 6.07) is 7.26. The third-order valence-electron chi connectivity index (χ3n) is 2.68. The summed E-state index contributed by atoms with van der Waals surface area (Å²) >= 11 is 3.44. The number of nitrogens with one attached hydrogen (secondary N) is 1. The minimum Gasteiger partial charge on any atom is -0.478 e. The Balaban J connectivity index is 2.14. The summed E-state index contributed by atoms with van der Waals surface area (Å²) in [6.07, 6.45) is 1.38. The Hall–Kier alpha value is -1.75. The van der Waals surface area contributed by atoms with Crippen molar-refractivity contribution in [3.8, 4) is 0 Å². The summed E-state index contributed by atoms with van der Waals surface area (Å²) < 4.78 is 6.17. The zero-order chi connectivity index (χ0) is 13.1. The Kier molecular flexibility index (Phi) is 3.72. The molecule has 0 radical (unpaired) electrons. The van der Waals surface area contributed by atoms with Crippen LogP contribution in [0.3, 0.4) is 0 Å². The molecule has 1 aromatic carbocycles. The molecule has 2 N–H and O–H groups in total. The van der Waals surface area contributed by atoms with Gasteiger partial charge in [0.1, 0.15) is 11.3 Å². The highest BCUT2D eigenvalue weighted by Gasteiger charge is 2.13. The van der Waals surface area contributed by atoms with Gasteiger partial charge in [-0.1, -0.05) is 22.0 Å². The fraction of sp³-hybridized carbons (Fsp3) is 0.154. The normalized spacial score (nSPS) is 10.3. The SMILES string of the molecule is Cc1c(Br)cccc1NCc1occc1C(=O)O. The Labute approximate surface area is 113 Å². The smallest absolute Gasteiger partial charge is 0.339 e. The lowest BCUT2D eigenvalue weighted by molar-refractivity contribution is 0.0694. The van der Waals surface area contributed by atoms with Gasteiger partial charge in [-0.15, -0.1) is 0 Å². The maximum Gasteiger partial charge on any atom is 0.339 e. The molecule has 4 nitrogen and oxygen atoms in total. The van der Waals surface area contributed by atoms with Crippen LogP contribution in [0.1, 0.15) is 21.7 Å². The molecular weight excluding hydrogens is 298 g/mol. The molecule has 0 unspecified atom stereocenters. The quantitative estimate of drug-likeness (QED) is 0.904.